The number of hydrogen-bond donors (Lipinski definition) is 1. The second-order valence-corrected chi connectivity index (χ2v) is 5.96. The molecule has 0 bridgehead atoms. The number of carbonyl (C=O) groups excluding carboxylic acids is 2. The molecular weight excluding hydrogens is 294 g/mol. The monoisotopic (exact) mass is 315 g/mol. The van der Waals surface area contributed by atoms with Crippen LogP contribution < -0.4 is 5.32 Å². The zero-order valence-electron chi connectivity index (χ0n) is 13.3. The Morgan fingerprint density at radius 2 is 1.74 bits per heavy atom. The van der Waals surface area contributed by atoms with Gasteiger partial charge in [0.05, 0.1) is 0 Å². The maximum Gasteiger partial charge on any atom is 0.350 e. The van der Waals surface area contributed by atoms with Gasteiger partial charge in [-0.1, -0.05) is 31.5 Å². The SMILES string of the molecule is CCc1ccccc1NC=C1C(=O)OC2(CCCCC2)OC1=O. The zero-order valence-corrected chi connectivity index (χ0v) is 13.3. The topological polar surface area (TPSA) is 64.6 Å². The molecule has 122 valence electrons. The third kappa shape index (κ3) is 3.23. The molecule has 23 heavy (non-hydrogen) atoms. The molecule has 5 nitrogen and oxygen atoms in total. The lowest BCUT2D eigenvalue weighted by Gasteiger charge is -2.38. The van der Waals surface area contributed by atoms with Crippen molar-refractivity contribution >= 4 is 17.6 Å². The second-order valence-electron chi connectivity index (χ2n) is 5.96. The van der Waals surface area contributed by atoms with E-state index in [9.17, 15) is 9.59 Å². The van der Waals surface area contributed by atoms with Gasteiger partial charge in [0.2, 0.25) is 0 Å². The molecule has 0 unspecified atom stereocenters. The van der Waals surface area contributed by atoms with Gasteiger partial charge >= 0.3 is 11.9 Å². The highest BCUT2D eigenvalue weighted by molar-refractivity contribution is 6.15. The van der Waals surface area contributed by atoms with Crippen LogP contribution in [-0.2, 0) is 25.5 Å². The molecule has 1 aliphatic carbocycles. The molecule has 2 aliphatic rings. The van der Waals surface area contributed by atoms with Crippen LogP contribution in [0, 0.1) is 0 Å². The smallest absolute Gasteiger partial charge is 0.350 e. The van der Waals surface area contributed by atoms with Crippen LogP contribution in [0.15, 0.2) is 36.0 Å². The summed E-state index contributed by atoms with van der Waals surface area (Å²) in [6, 6.07) is 7.75. The summed E-state index contributed by atoms with van der Waals surface area (Å²) in [5, 5.41) is 3.02. The zero-order chi connectivity index (χ0) is 16.3. The molecule has 5 heteroatoms. The van der Waals surface area contributed by atoms with Crippen molar-refractivity contribution in [2.45, 2.75) is 51.2 Å². The van der Waals surface area contributed by atoms with Gasteiger partial charge in [0.15, 0.2) is 5.57 Å². The molecule has 1 aliphatic heterocycles. The first kappa shape index (κ1) is 15.6. The molecule has 1 N–H and O–H groups in total. The molecular formula is C18H21NO4. The molecule has 2 fully saturated rings. The molecule has 0 radical (unpaired) electrons. The summed E-state index contributed by atoms with van der Waals surface area (Å²) in [4.78, 5) is 24.4. The van der Waals surface area contributed by atoms with Crippen LogP contribution in [0.3, 0.4) is 0 Å². The lowest BCUT2D eigenvalue weighted by molar-refractivity contribution is -0.244. The van der Waals surface area contributed by atoms with Crippen molar-refractivity contribution in [2.24, 2.45) is 0 Å². The van der Waals surface area contributed by atoms with Gasteiger partial charge in [-0.3, -0.25) is 0 Å². The molecule has 1 spiro atoms. The normalized spacial score (nSPS) is 20.0. The summed E-state index contributed by atoms with van der Waals surface area (Å²) in [7, 11) is 0. The van der Waals surface area contributed by atoms with Crippen LogP contribution in [0.1, 0.15) is 44.6 Å². The van der Waals surface area contributed by atoms with E-state index >= 15 is 0 Å². The van der Waals surface area contributed by atoms with Crippen molar-refractivity contribution in [1.29, 1.82) is 0 Å². The van der Waals surface area contributed by atoms with Crippen molar-refractivity contribution in [2.75, 3.05) is 5.32 Å². The number of nitrogens with one attached hydrogen (secondary N) is 1. The highest BCUT2D eigenvalue weighted by Crippen LogP contribution is 2.37. The highest BCUT2D eigenvalue weighted by Gasteiger charge is 2.46. The second kappa shape index (κ2) is 6.44. The fourth-order valence-corrected chi connectivity index (χ4v) is 3.08. The van der Waals surface area contributed by atoms with Crippen LogP contribution >= 0.6 is 0 Å². The molecule has 3 rings (SSSR count). The number of esters is 2. The van der Waals surface area contributed by atoms with Gasteiger partial charge in [0.1, 0.15) is 0 Å². The van der Waals surface area contributed by atoms with E-state index in [-0.39, 0.29) is 5.57 Å². The Hall–Kier alpha value is -2.30. The Bertz CT molecular complexity index is 622. The van der Waals surface area contributed by atoms with E-state index in [0.717, 1.165) is 36.9 Å². The maximum absolute atomic E-state index is 12.2. The summed E-state index contributed by atoms with van der Waals surface area (Å²) in [5.41, 5.74) is 1.87. The van der Waals surface area contributed by atoms with Crippen molar-refractivity contribution in [1.82, 2.24) is 0 Å². The molecule has 1 aromatic rings. The molecule has 0 amide bonds. The van der Waals surface area contributed by atoms with Crippen LogP contribution in [0.5, 0.6) is 0 Å². The Kier molecular flexibility index (Phi) is 4.37. The average molecular weight is 315 g/mol. The Morgan fingerprint density at radius 3 is 2.39 bits per heavy atom. The lowest BCUT2D eigenvalue weighted by Crippen LogP contribution is -2.47. The van der Waals surface area contributed by atoms with Gasteiger partial charge in [-0.25, -0.2) is 9.59 Å². The largest absolute Gasteiger partial charge is 0.419 e. The van der Waals surface area contributed by atoms with E-state index in [1.54, 1.807) is 0 Å². The first-order chi connectivity index (χ1) is 11.1. The maximum atomic E-state index is 12.2. The van der Waals surface area contributed by atoms with Crippen LogP contribution in [0.2, 0.25) is 0 Å². The first-order valence-electron chi connectivity index (χ1n) is 8.15. The van der Waals surface area contributed by atoms with E-state index in [2.05, 4.69) is 5.32 Å². The molecule has 0 aromatic heterocycles. The summed E-state index contributed by atoms with van der Waals surface area (Å²) in [5.74, 6) is -2.25. The summed E-state index contributed by atoms with van der Waals surface area (Å²) < 4.78 is 10.9. The Balaban J connectivity index is 1.75. The van der Waals surface area contributed by atoms with Gasteiger partial charge in [0, 0.05) is 24.7 Å². The molecule has 1 saturated heterocycles. The third-order valence-corrected chi connectivity index (χ3v) is 4.38. The van der Waals surface area contributed by atoms with Crippen LogP contribution in [-0.4, -0.2) is 17.7 Å². The number of benzene rings is 1. The summed E-state index contributed by atoms with van der Waals surface area (Å²) in [6.07, 6.45) is 6.30. The van der Waals surface area contributed by atoms with E-state index in [1.807, 2.05) is 31.2 Å². The van der Waals surface area contributed by atoms with Crippen LogP contribution in [0.25, 0.3) is 0 Å². The number of rotatable bonds is 3. The molecule has 0 atom stereocenters. The predicted molar refractivity (Wildman–Crippen MR) is 85.5 cm³/mol. The molecule has 1 aromatic carbocycles. The van der Waals surface area contributed by atoms with Gasteiger partial charge < -0.3 is 14.8 Å². The van der Waals surface area contributed by atoms with E-state index in [0.29, 0.717) is 12.8 Å². The van der Waals surface area contributed by atoms with Gasteiger partial charge in [-0.2, -0.15) is 0 Å². The minimum Gasteiger partial charge on any atom is -0.419 e. The third-order valence-electron chi connectivity index (χ3n) is 4.38. The molecule has 1 heterocycles. The van der Waals surface area contributed by atoms with Gasteiger partial charge in [-0.15, -0.1) is 0 Å². The Morgan fingerprint density at radius 1 is 1.09 bits per heavy atom. The van der Waals surface area contributed by atoms with Crippen molar-refractivity contribution in [3.8, 4) is 0 Å². The average Bonchev–Trinajstić information content (AvgIpc) is 2.55. The quantitative estimate of drug-likeness (QED) is 0.527. The van der Waals surface area contributed by atoms with Gasteiger partial charge in [-0.05, 0) is 30.9 Å². The van der Waals surface area contributed by atoms with E-state index in [1.165, 1.54) is 6.20 Å². The summed E-state index contributed by atoms with van der Waals surface area (Å²) in [6.45, 7) is 2.05. The Labute approximate surface area is 135 Å². The number of carbonyl (C=O) groups is 2. The fraction of sp³-hybridized carbons (Fsp3) is 0.444. The van der Waals surface area contributed by atoms with E-state index < -0.39 is 17.7 Å². The lowest BCUT2D eigenvalue weighted by atomic mass is 9.93. The minimum atomic E-state index is -1.04. The number of anilines is 1. The van der Waals surface area contributed by atoms with Crippen molar-refractivity contribution in [3.63, 3.8) is 0 Å². The number of aryl methyl sites for hydroxylation is 1. The standard InChI is InChI=1S/C18H21NO4/c1-2-13-8-4-5-9-15(13)19-12-14-16(20)22-18(23-17(14)21)10-6-3-7-11-18/h4-5,8-9,12,19H,2-3,6-7,10-11H2,1H3. The van der Waals surface area contributed by atoms with Gasteiger partial charge in [0.25, 0.3) is 5.79 Å². The number of para-hydroxylation sites is 1. The summed E-state index contributed by atoms with van der Waals surface area (Å²) >= 11 is 0. The van der Waals surface area contributed by atoms with Crippen LogP contribution in [0.4, 0.5) is 5.69 Å². The highest BCUT2D eigenvalue weighted by atomic mass is 16.7. The number of hydrogen-bond acceptors (Lipinski definition) is 5. The van der Waals surface area contributed by atoms with Crippen molar-refractivity contribution in [3.05, 3.63) is 41.6 Å². The predicted octanol–water partition coefficient (Wildman–Crippen LogP) is 3.31. The molecule has 1 saturated carbocycles. The van der Waals surface area contributed by atoms with E-state index in [4.69, 9.17) is 9.47 Å². The fourth-order valence-electron chi connectivity index (χ4n) is 3.08. The van der Waals surface area contributed by atoms with Crippen molar-refractivity contribution < 1.29 is 19.1 Å². The first-order valence-corrected chi connectivity index (χ1v) is 8.15. The number of ether oxygens (including phenoxy) is 2. The minimum absolute atomic E-state index is 0.0906.